The number of rotatable bonds is 7. The molecule has 35 heavy (non-hydrogen) atoms. The number of amides is 2. The van der Waals surface area contributed by atoms with Crippen LogP contribution in [0.5, 0.6) is 11.5 Å². The zero-order valence-electron chi connectivity index (χ0n) is 19.5. The molecule has 3 aromatic carbocycles. The van der Waals surface area contributed by atoms with Gasteiger partial charge in [-0.1, -0.05) is 54.6 Å². The van der Waals surface area contributed by atoms with E-state index in [0.29, 0.717) is 12.3 Å². The molecule has 5 rings (SSSR count). The summed E-state index contributed by atoms with van der Waals surface area (Å²) >= 11 is 0. The fourth-order valence-corrected chi connectivity index (χ4v) is 4.61. The van der Waals surface area contributed by atoms with E-state index in [4.69, 9.17) is 9.47 Å². The van der Waals surface area contributed by atoms with Crippen molar-refractivity contribution in [3.8, 4) is 11.5 Å². The van der Waals surface area contributed by atoms with Gasteiger partial charge in [0.2, 0.25) is 6.79 Å². The number of ketones is 1. The summed E-state index contributed by atoms with van der Waals surface area (Å²) in [5.41, 5.74) is 3.58. The molecule has 0 aromatic heterocycles. The van der Waals surface area contributed by atoms with Crippen molar-refractivity contribution in [2.75, 3.05) is 25.2 Å². The quantitative estimate of drug-likeness (QED) is 0.483. The molecule has 0 saturated carbocycles. The van der Waals surface area contributed by atoms with Crippen LogP contribution in [0.2, 0.25) is 0 Å². The molecular formula is C28H29N3O4. The van der Waals surface area contributed by atoms with Crippen molar-refractivity contribution in [2.24, 2.45) is 5.92 Å². The van der Waals surface area contributed by atoms with Gasteiger partial charge in [-0.15, -0.1) is 0 Å². The summed E-state index contributed by atoms with van der Waals surface area (Å²) < 4.78 is 10.7. The molecule has 0 radical (unpaired) electrons. The average Bonchev–Trinajstić information content (AvgIpc) is 3.37. The Hall–Kier alpha value is -3.84. The summed E-state index contributed by atoms with van der Waals surface area (Å²) in [5.74, 6) is 1.74. The Morgan fingerprint density at radius 2 is 1.63 bits per heavy atom. The number of benzene rings is 3. The predicted molar refractivity (Wildman–Crippen MR) is 134 cm³/mol. The summed E-state index contributed by atoms with van der Waals surface area (Å²) in [5, 5.41) is 5.89. The van der Waals surface area contributed by atoms with Crippen molar-refractivity contribution < 1.29 is 19.1 Å². The second-order valence-electron chi connectivity index (χ2n) is 8.93. The minimum atomic E-state index is -0.262. The summed E-state index contributed by atoms with van der Waals surface area (Å²) in [4.78, 5) is 27.7. The highest BCUT2D eigenvalue weighted by Crippen LogP contribution is 2.32. The molecule has 0 spiro atoms. The van der Waals surface area contributed by atoms with Crippen molar-refractivity contribution in [2.45, 2.75) is 25.9 Å². The highest BCUT2D eigenvalue weighted by molar-refractivity contribution is 5.97. The molecule has 0 bridgehead atoms. The summed E-state index contributed by atoms with van der Waals surface area (Å²) in [6.07, 6.45) is 1.69. The molecule has 2 N–H and O–H groups in total. The second-order valence-corrected chi connectivity index (χ2v) is 8.93. The maximum Gasteiger partial charge on any atom is 0.319 e. The van der Waals surface area contributed by atoms with Gasteiger partial charge in [0.1, 0.15) is 0 Å². The molecule has 2 aliphatic rings. The Kier molecular flexibility index (Phi) is 6.95. The molecule has 0 atom stereocenters. The third-order valence-electron chi connectivity index (χ3n) is 6.57. The Morgan fingerprint density at radius 1 is 0.886 bits per heavy atom. The molecular weight excluding hydrogens is 442 g/mol. The van der Waals surface area contributed by atoms with Crippen molar-refractivity contribution in [3.05, 3.63) is 89.5 Å². The van der Waals surface area contributed by atoms with E-state index in [-0.39, 0.29) is 24.5 Å². The lowest BCUT2D eigenvalue weighted by atomic mass is 9.89. The van der Waals surface area contributed by atoms with E-state index in [9.17, 15) is 9.59 Å². The molecule has 0 unspecified atom stereocenters. The molecule has 2 aliphatic heterocycles. The number of fused-ring (bicyclic) bond motifs is 1. The Balaban J connectivity index is 1.13. The Labute approximate surface area is 205 Å². The van der Waals surface area contributed by atoms with Gasteiger partial charge in [0.25, 0.3) is 0 Å². The van der Waals surface area contributed by atoms with Crippen LogP contribution in [-0.2, 0) is 13.1 Å². The van der Waals surface area contributed by atoms with Gasteiger partial charge >= 0.3 is 6.03 Å². The average molecular weight is 472 g/mol. The summed E-state index contributed by atoms with van der Waals surface area (Å²) in [6, 6.07) is 22.8. The lowest BCUT2D eigenvalue weighted by molar-refractivity contribution is 0.0835. The smallest absolute Gasteiger partial charge is 0.319 e. The number of likely N-dealkylation sites (tertiary alicyclic amines) is 1. The fraction of sp³-hybridized carbons (Fsp3) is 0.286. The van der Waals surface area contributed by atoms with E-state index >= 15 is 0 Å². The van der Waals surface area contributed by atoms with E-state index in [0.717, 1.165) is 60.6 Å². The van der Waals surface area contributed by atoms with Crippen molar-refractivity contribution in [1.29, 1.82) is 0 Å². The number of Topliss-reactive ketones (excluding diaryl/α,β-unsaturated/α-hetero) is 1. The molecule has 7 heteroatoms. The number of anilines is 1. The maximum atomic E-state index is 12.8. The van der Waals surface area contributed by atoms with Gasteiger partial charge in [0, 0.05) is 30.3 Å². The van der Waals surface area contributed by atoms with Crippen LogP contribution in [0.3, 0.4) is 0 Å². The van der Waals surface area contributed by atoms with Gasteiger partial charge in [0.15, 0.2) is 17.3 Å². The van der Waals surface area contributed by atoms with Crippen LogP contribution in [0, 0.1) is 5.92 Å². The zero-order chi connectivity index (χ0) is 24.0. The van der Waals surface area contributed by atoms with Gasteiger partial charge in [-0.3, -0.25) is 9.69 Å². The monoisotopic (exact) mass is 471 g/mol. The largest absolute Gasteiger partial charge is 0.454 e. The summed E-state index contributed by atoms with van der Waals surface area (Å²) in [7, 11) is 0. The Morgan fingerprint density at radius 3 is 2.46 bits per heavy atom. The highest BCUT2D eigenvalue weighted by atomic mass is 16.7. The van der Waals surface area contributed by atoms with E-state index in [2.05, 4.69) is 15.5 Å². The first-order valence-electron chi connectivity index (χ1n) is 12.0. The van der Waals surface area contributed by atoms with E-state index in [1.807, 2.05) is 72.8 Å². The maximum absolute atomic E-state index is 12.8. The SMILES string of the molecule is O=C(NCc1ccc2c(c1)OCO2)Nc1ccccc1CN1CCC(C(=O)c2ccccc2)CC1. The zero-order valence-corrected chi connectivity index (χ0v) is 19.5. The standard InChI is InChI=1S/C28H29N3O4/c32-27(21-6-2-1-3-7-21)22-12-14-31(15-13-22)18-23-8-4-5-9-24(23)30-28(33)29-17-20-10-11-25-26(16-20)35-19-34-25/h1-11,16,22H,12-15,17-19H2,(H2,29,30,33). The van der Waals surface area contributed by atoms with Crippen LogP contribution in [0.25, 0.3) is 0 Å². The molecule has 1 fully saturated rings. The molecule has 7 nitrogen and oxygen atoms in total. The van der Waals surface area contributed by atoms with E-state index in [1.165, 1.54) is 0 Å². The number of hydrogen-bond acceptors (Lipinski definition) is 5. The first-order valence-corrected chi connectivity index (χ1v) is 12.0. The van der Waals surface area contributed by atoms with E-state index < -0.39 is 0 Å². The molecule has 0 aliphatic carbocycles. The van der Waals surface area contributed by atoms with Crippen LogP contribution in [0.1, 0.15) is 34.3 Å². The van der Waals surface area contributed by atoms with Crippen molar-refractivity contribution in [3.63, 3.8) is 0 Å². The third kappa shape index (κ3) is 5.63. The van der Waals surface area contributed by atoms with Crippen molar-refractivity contribution >= 4 is 17.5 Å². The van der Waals surface area contributed by atoms with Gasteiger partial charge in [-0.2, -0.15) is 0 Å². The lowest BCUT2D eigenvalue weighted by Crippen LogP contribution is -2.36. The van der Waals surface area contributed by atoms with Gasteiger partial charge in [-0.25, -0.2) is 4.79 Å². The van der Waals surface area contributed by atoms with Gasteiger partial charge < -0.3 is 20.1 Å². The second kappa shape index (κ2) is 10.6. The first-order chi connectivity index (χ1) is 17.2. The first kappa shape index (κ1) is 22.9. The molecule has 2 heterocycles. The molecule has 2 amide bonds. The van der Waals surface area contributed by atoms with Crippen LogP contribution in [0.4, 0.5) is 10.5 Å². The number of para-hydroxylation sites is 1. The minimum Gasteiger partial charge on any atom is -0.454 e. The minimum absolute atomic E-state index is 0.0731. The third-order valence-corrected chi connectivity index (χ3v) is 6.57. The van der Waals surface area contributed by atoms with Crippen LogP contribution >= 0.6 is 0 Å². The lowest BCUT2D eigenvalue weighted by Gasteiger charge is -2.31. The number of carbonyl (C=O) groups excluding carboxylic acids is 2. The van der Waals surface area contributed by atoms with Crippen molar-refractivity contribution in [1.82, 2.24) is 10.2 Å². The number of nitrogens with one attached hydrogen (secondary N) is 2. The topological polar surface area (TPSA) is 79.9 Å². The number of carbonyl (C=O) groups is 2. The van der Waals surface area contributed by atoms with Crippen LogP contribution in [0.15, 0.2) is 72.8 Å². The fourth-order valence-electron chi connectivity index (χ4n) is 4.61. The Bertz CT molecular complexity index is 1190. The predicted octanol–water partition coefficient (Wildman–Crippen LogP) is 4.83. The molecule has 3 aromatic rings. The van der Waals surface area contributed by atoms with E-state index in [1.54, 1.807) is 0 Å². The van der Waals surface area contributed by atoms with Crippen LogP contribution in [-0.4, -0.2) is 36.6 Å². The number of hydrogen-bond donors (Lipinski definition) is 2. The molecule has 1 saturated heterocycles. The number of urea groups is 1. The van der Waals surface area contributed by atoms with Gasteiger partial charge in [-0.05, 0) is 55.3 Å². The number of piperidine rings is 1. The molecule has 180 valence electrons. The number of ether oxygens (including phenoxy) is 2. The van der Waals surface area contributed by atoms with Crippen LogP contribution < -0.4 is 20.1 Å². The normalized spacial score (nSPS) is 15.5. The highest BCUT2D eigenvalue weighted by Gasteiger charge is 2.26. The summed E-state index contributed by atoms with van der Waals surface area (Å²) in [6.45, 7) is 3.05. The number of nitrogens with zero attached hydrogens (tertiary/aromatic N) is 1. The van der Waals surface area contributed by atoms with Gasteiger partial charge in [0.05, 0.1) is 0 Å².